The van der Waals surface area contributed by atoms with Crippen molar-refractivity contribution >= 4 is 0 Å². The summed E-state index contributed by atoms with van der Waals surface area (Å²) in [5.41, 5.74) is 0. The highest BCUT2D eigenvalue weighted by atomic mass is 15.2. The zero-order valence-corrected chi connectivity index (χ0v) is 6.34. The minimum Gasteiger partial charge on any atom is -0.314 e. The highest BCUT2D eigenvalue weighted by Gasteiger charge is 2.05. The predicted molar refractivity (Wildman–Crippen MR) is 43.8 cm³/mol. The molecule has 1 aliphatic rings. The fourth-order valence-electron chi connectivity index (χ4n) is 1.12. The van der Waals surface area contributed by atoms with Crippen molar-refractivity contribution in [2.75, 3.05) is 32.7 Å². The van der Waals surface area contributed by atoms with Crippen LogP contribution in [-0.4, -0.2) is 37.6 Å². The number of hydrogen-bond donors (Lipinski definition) is 1. The number of piperazine rings is 1. The zero-order chi connectivity index (χ0) is 7.23. The van der Waals surface area contributed by atoms with E-state index >= 15 is 0 Å². The molecule has 1 saturated heterocycles. The van der Waals surface area contributed by atoms with E-state index < -0.39 is 0 Å². The molecule has 0 bridgehead atoms. The van der Waals surface area contributed by atoms with Crippen LogP contribution < -0.4 is 5.32 Å². The van der Waals surface area contributed by atoms with Gasteiger partial charge >= 0.3 is 0 Å². The van der Waals surface area contributed by atoms with E-state index in [0.717, 1.165) is 19.6 Å². The van der Waals surface area contributed by atoms with Crippen LogP contribution in [0.25, 0.3) is 0 Å². The van der Waals surface area contributed by atoms with Crippen LogP contribution in [0.2, 0.25) is 0 Å². The minimum atomic E-state index is 1.06. The molecule has 0 saturated carbocycles. The van der Waals surface area contributed by atoms with Crippen LogP contribution in [0.1, 0.15) is 0 Å². The van der Waals surface area contributed by atoms with Crippen LogP contribution in [0.4, 0.5) is 0 Å². The lowest BCUT2D eigenvalue weighted by atomic mass is 10.3. The second-order valence-electron chi connectivity index (χ2n) is 2.52. The summed E-state index contributed by atoms with van der Waals surface area (Å²) in [4.78, 5) is 2.41. The molecule has 0 aromatic carbocycles. The standard InChI is InChI=1S/C8H15N2/c1-2-3-6-10-7-4-9-5-8-10/h2-3,9H,1,4-8H2. The van der Waals surface area contributed by atoms with E-state index in [1.807, 2.05) is 6.08 Å². The molecule has 1 fully saturated rings. The molecule has 2 nitrogen and oxygen atoms in total. The van der Waals surface area contributed by atoms with Gasteiger partial charge in [0.05, 0.1) is 0 Å². The molecule has 0 amide bonds. The van der Waals surface area contributed by atoms with E-state index in [-0.39, 0.29) is 0 Å². The van der Waals surface area contributed by atoms with Crippen molar-refractivity contribution in [2.45, 2.75) is 0 Å². The van der Waals surface area contributed by atoms with Crippen LogP contribution in [-0.2, 0) is 0 Å². The first-order valence-electron chi connectivity index (χ1n) is 3.81. The van der Waals surface area contributed by atoms with Gasteiger partial charge in [0.25, 0.3) is 0 Å². The second kappa shape index (κ2) is 4.47. The molecule has 0 atom stereocenters. The SMILES string of the molecule is [CH2]C=CCN1CCNCC1. The summed E-state index contributed by atoms with van der Waals surface area (Å²) >= 11 is 0. The zero-order valence-electron chi connectivity index (χ0n) is 6.34. The lowest BCUT2D eigenvalue weighted by Gasteiger charge is -2.25. The highest BCUT2D eigenvalue weighted by Crippen LogP contribution is 1.90. The quantitative estimate of drug-likeness (QED) is 0.591. The van der Waals surface area contributed by atoms with E-state index in [0.29, 0.717) is 0 Å². The maximum Gasteiger partial charge on any atom is 0.0164 e. The summed E-state index contributed by atoms with van der Waals surface area (Å²) in [6.07, 6.45) is 3.97. The van der Waals surface area contributed by atoms with Gasteiger partial charge in [-0.15, -0.1) is 0 Å². The Kier molecular flexibility index (Phi) is 3.47. The molecule has 1 radical (unpaired) electrons. The van der Waals surface area contributed by atoms with E-state index in [1.54, 1.807) is 0 Å². The monoisotopic (exact) mass is 139 g/mol. The van der Waals surface area contributed by atoms with Crippen LogP contribution in [0.15, 0.2) is 12.2 Å². The third-order valence-electron chi connectivity index (χ3n) is 1.74. The van der Waals surface area contributed by atoms with Gasteiger partial charge in [0.1, 0.15) is 0 Å². The molecule has 0 unspecified atom stereocenters. The van der Waals surface area contributed by atoms with Crippen molar-refractivity contribution in [3.05, 3.63) is 19.1 Å². The Morgan fingerprint density at radius 2 is 2.10 bits per heavy atom. The Balaban J connectivity index is 2.13. The Morgan fingerprint density at radius 3 is 2.70 bits per heavy atom. The van der Waals surface area contributed by atoms with E-state index in [1.165, 1.54) is 13.1 Å². The Morgan fingerprint density at radius 1 is 1.40 bits per heavy atom. The molecule has 10 heavy (non-hydrogen) atoms. The summed E-state index contributed by atoms with van der Waals surface area (Å²) < 4.78 is 0. The molecule has 1 rings (SSSR count). The fraction of sp³-hybridized carbons (Fsp3) is 0.625. The smallest absolute Gasteiger partial charge is 0.0164 e. The third-order valence-corrected chi connectivity index (χ3v) is 1.74. The van der Waals surface area contributed by atoms with Gasteiger partial charge in [-0.2, -0.15) is 0 Å². The third kappa shape index (κ3) is 2.50. The Bertz CT molecular complexity index is 104. The maximum atomic E-state index is 3.65. The molecular weight excluding hydrogens is 124 g/mol. The number of hydrogen-bond acceptors (Lipinski definition) is 2. The Labute approximate surface area is 62.9 Å². The van der Waals surface area contributed by atoms with Gasteiger partial charge in [-0.3, -0.25) is 4.90 Å². The van der Waals surface area contributed by atoms with Crippen LogP contribution in [0, 0.1) is 6.92 Å². The topological polar surface area (TPSA) is 15.3 Å². The first-order valence-corrected chi connectivity index (χ1v) is 3.81. The van der Waals surface area contributed by atoms with Crippen LogP contribution in [0.5, 0.6) is 0 Å². The van der Waals surface area contributed by atoms with Gasteiger partial charge in [-0.05, 0) is 6.92 Å². The molecule has 0 aromatic heterocycles. The van der Waals surface area contributed by atoms with E-state index in [9.17, 15) is 0 Å². The molecule has 57 valence electrons. The van der Waals surface area contributed by atoms with Crippen LogP contribution >= 0.6 is 0 Å². The highest BCUT2D eigenvalue weighted by molar-refractivity contribution is 4.87. The molecule has 0 aliphatic carbocycles. The van der Waals surface area contributed by atoms with Crippen molar-refractivity contribution in [3.8, 4) is 0 Å². The fourth-order valence-corrected chi connectivity index (χ4v) is 1.12. The van der Waals surface area contributed by atoms with Crippen molar-refractivity contribution < 1.29 is 0 Å². The lowest BCUT2D eigenvalue weighted by Crippen LogP contribution is -2.43. The summed E-state index contributed by atoms with van der Waals surface area (Å²) in [7, 11) is 0. The molecule has 2 heteroatoms. The summed E-state index contributed by atoms with van der Waals surface area (Å²) in [5.74, 6) is 0. The molecule has 1 N–H and O–H groups in total. The molecule has 1 aliphatic heterocycles. The van der Waals surface area contributed by atoms with Crippen LogP contribution in [0.3, 0.4) is 0 Å². The van der Waals surface area contributed by atoms with Crippen molar-refractivity contribution in [1.29, 1.82) is 0 Å². The van der Waals surface area contributed by atoms with E-state index in [4.69, 9.17) is 0 Å². The summed E-state index contributed by atoms with van der Waals surface area (Å²) in [5, 5.41) is 3.31. The molecule has 1 heterocycles. The number of allylic oxidation sites excluding steroid dienone is 1. The first-order chi connectivity index (χ1) is 4.93. The predicted octanol–water partition coefficient (Wildman–Crippen LogP) is 0.282. The van der Waals surface area contributed by atoms with E-state index in [2.05, 4.69) is 23.2 Å². The Hall–Kier alpha value is -0.340. The van der Waals surface area contributed by atoms with Gasteiger partial charge in [0.15, 0.2) is 0 Å². The van der Waals surface area contributed by atoms with Crippen molar-refractivity contribution in [2.24, 2.45) is 0 Å². The lowest BCUT2D eigenvalue weighted by molar-refractivity contribution is 0.265. The van der Waals surface area contributed by atoms with Crippen molar-refractivity contribution in [3.63, 3.8) is 0 Å². The number of nitrogens with one attached hydrogen (secondary N) is 1. The minimum absolute atomic E-state index is 1.06. The normalized spacial score (nSPS) is 22.1. The van der Waals surface area contributed by atoms with Gasteiger partial charge in [-0.25, -0.2) is 0 Å². The largest absolute Gasteiger partial charge is 0.314 e. The van der Waals surface area contributed by atoms with Gasteiger partial charge in [0.2, 0.25) is 0 Å². The summed E-state index contributed by atoms with van der Waals surface area (Å²) in [6.45, 7) is 9.31. The maximum absolute atomic E-state index is 3.65. The molecule has 0 aromatic rings. The second-order valence-corrected chi connectivity index (χ2v) is 2.52. The first kappa shape index (κ1) is 7.76. The number of nitrogens with zero attached hydrogens (tertiary/aromatic N) is 1. The summed E-state index contributed by atoms with van der Waals surface area (Å²) in [6, 6.07) is 0. The molecular formula is C8H15N2. The van der Waals surface area contributed by atoms with Gasteiger partial charge in [0, 0.05) is 32.7 Å². The average Bonchev–Trinajstić information content (AvgIpc) is 2.03. The molecule has 0 spiro atoms. The van der Waals surface area contributed by atoms with Gasteiger partial charge < -0.3 is 5.32 Å². The average molecular weight is 139 g/mol. The number of rotatable bonds is 2. The van der Waals surface area contributed by atoms with Crippen molar-refractivity contribution in [1.82, 2.24) is 10.2 Å². The van der Waals surface area contributed by atoms with Gasteiger partial charge in [-0.1, -0.05) is 12.2 Å².